The minimum Gasteiger partial charge on any atom is -0.392 e. The standard InChI is InChI=1S/C14H15NO/c16-14-8-4-2-6-11(14)12-9-15-13-7-3-1-5-10(12)13/h1-3,5-7,9,11,14-16H,4,8H2/t11-,14+/m1/s1. The molecular formula is C14H15NO. The molecule has 1 aliphatic rings. The molecule has 2 heteroatoms. The quantitative estimate of drug-likeness (QED) is 0.702. The smallest absolute Gasteiger partial charge is 0.0647 e. The molecule has 0 bridgehead atoms. The van der Waals surface area contributed by atoms with Crippen LogP contribution < -0.4 is 0 Å². The Bertz CT molecular complexity index is 526. The van der Waals surface area contributed by atoms with Crippen molar-refractivity contribution in [2.45, 2.75) is 24.9 Å². The van der Waals surface area contributed by atoms with Gasteiger partial charge in [-0.05, 0) is 24.5 Å². The number of hydrogen-bond acceptors (Lipinski definition) is 1. The van der Waals surface area contributed by atoms with Gasteiger partial charge in [0.05, 0.1) is 6.10 Å². The number of allylic oxidation sites excluding steroid dienone is 1. The van der Waals surface area contributed by atoms with Gasteiger partial charge in [-0.25, -0.2) is 0 Å². The SMILES string of the molecule is O[C@H]1CCC=C[C@@H]1c1c[nH]c2ccccc12. The summed E-state index contributed by atoms with van der Waals surface area (Å²) >= 11 is 0. The first-order valence-electron chi connectivity index (χ1n) is 5.77. The highest BCUT2D eigenvalue weighted by molar-refractivity contribution is 5.84. The summed E-state index contributed by atoms with van der Waals surface area (Å²) in [6.45, 7) is 0. The van der Waals surface area contributed by atoms with Crippen LogP contribution in [0.15, 0.2) is 42.6 Å². The van der Waals surface area contributed by atoms with Crippen molar-refractivity contribution in [1.29, 1.82) is 0 Å². The molecule has 0 radical (unpaired) electrons. The zero-order chi connectivity index (χ0) is 11.0. The Kier molecular flexibility index (Phi) is 2.29. The molecule has 1 aliphatic carbocycles. The molecule has 16 heavy (non-hydrogen) atoms. The van der Waals surface area contributed by atoms with Crippen LogP contribution in [-0.2, 0) is 0 Å². The Hall–Kier alpha value is -1.54. The maximum absolute atomic E-state index is 10.0. The molecule has 0 aliphatic heterocycles. The highest BCUT2D eigenvalue weighted by Crippen LogP contribution is 2.32. The van der Waals surface area contributed by atoms with Crippen LogP contribution in [0.2, 0.25) is 0 Å². The largest absolute Gasteiger partial charge is 0.392 e. The van der Waals surface area contributed by atoms with Crippen molar-refractivity contribution >= 4 is 10.9 Å². The van der Waals surface area contributed by atoms with E-state index in [1.54, 1.807) is 0 Å². The van der Waals surface area contributed by atoms with E-state index in [2.05, 4.69) is 29.3 Å². The van der Waals surface area contributed by atoms with Crippen LogP contribution in [0.4, 0.5) is 0 Å². The fraction of sp³-hybridized carbons (Fsp3) is 0.286. The van der Waals surface area contributed by atoms with Crippen molar-refractivity contribution in [3.63, 3.8) is 0 Å². The van der Waals surface area contributed by atoms with Crippen LogP contribution in [0.5, 0.6) is 0 Å². The molecule has 0 unspecified atom stereocenters. The van der Waals surface area contributed by atoms with E-state index in [0.717, 1.165) is 18.4 Å². The number of hydrogen-bond donors (Lipinski definition) is 2. The molecular weight excluding hydrogens is 198 g/mol. The number of aliphatic hydroxyl groups excluding tert-OH is 1. The van der Waals surface area contributed by atoms with Crippen molar-refractivity contribution < 1.29 is 5.11 Å². The number of para-hydroxylation sites is 1. The van der Waals surface area contributed by atoms with E-state index in [9.17, 15) is 5.11 Å². The minimum atomic E-state index is -0.246. The highest BCUT2D eigenvalue weighted by atomic mass is 16.3. The zero-order valence-electron chi connectivity index (χ0n) is 9.06. The molecule has 0 fully saturated rings. The number of aromatic nitrogens is 1. The number of aliphatic hydroxyl groups is 1. The van der Waals surface area contributed by atoms with E-state index in [1.807, 2.05) is 18.3 Å². The second-order valence-corrected chi connectivity index (χ2v) is 4.39. The van der Waals surface area contributed by atoms with Crippen LogP contribution >= 0.6 is 0 Å². The van der Waals surface area contributed by atoms with Gasteiger partial charge in [0, 0.05) is 23.0 Å². The Labute approximate surface area is 94.6 Å². The monoisotopic (exact) mass is 213 g/mol. The number of nitrogens with one attached hydrogen (secondary N) is 1. The summed E-state index contributed by atoms with van der Waals surface area (Å²) in [5.74, 6) is 0.143. The summed E-state index contributed by atoms with van der Waals surface area (Å²) < 4.78 is 0. The first kappa shape index (κ1) is 9.67. The van der Waals surface area contributed by atoms with Gasteiger partial charge in [-0.1, -0.05) is 30.4 Å². The van der Waals surface area contributed by atoms with Crippen LogP contribution in [0.1, 0.15) is 24.3 Å². The lowest BCUT2D eigenvalue weighted by Gasteiger charge is -2.22. The van der Waals surface area contributed by atoms with Crippen LogP contribution in [0.3, 0.4) is 0 Å². The van der Waals surface area contributed by atoms with Crippen molar-refractivity contribution in [3.05, 3.63) is 48.2 Å². The van der Waals surface area contributed by atoms with Crippen LogP contribution in [-0.4, -0.2) is 16.2 Å². The van der Waals surface area contributed by atoms with E-state index in [0.29, 0.717) is 0 Å². The van der Waals surface area contributed by atoms with Gasteiger partial charge in [0.15, 0.2) is 0 Å². The van der Waals surface area contributed by atoms with Crippen molar-refractivity contribution in [1.82, 2.24) is 4.98 Å². The van der Waals surface area contributed by atoms with Crippen molar-refractivity contribution in [2.24, 2.45) is 0 Å². The number of fused-ring (bicyclic) bond motifs is 1. The summed E-state index contributed by atoms with van der Waals surface area (Å²) in [4.78, 5) is 3.26. The molecule has 0 saturated heterocycles. The third-order valence-electron chi connectivity index (χ3n) is 3.37. The predicted molar refractivity (Wildman–Crippen MR) is 65.4 cm³/mol. The van der Waals surface area contributed by atoms with Gasteiger partial charge in [0.2, 0.25) is 0 Å². The molecule has 2 N–H and O–H groups in total. The first-order valence-corrected chi connectivity index (χ1v) is 5.77. The molecule has 3 rings (SSSR count). The highest BCUT2D eigenvalue weighted by Gasteiger charge is 2.22. The number of rotatable bonds is 1. The average molecular weight is 213 g/mol. The van der Waals surface area contributed by atoms with Gasteiger partial charge < -0.3 is 10.1 Å². The van der Waals surface area contributed by atoms with Gasteiger partial charge in [-0.2, -0.15) is 0 Å². The van der Waals surface area contributed by atoms with E-state index in [1.165, 1.54) is 10.9 Å². The molecule has 2 aromatic rings. The van der Waals surface area contributed by atoms with Crippen molar-refractivity contribution in [3.8, 4) is 0 Å². The minimum absolute atomic E-state index is 0.143. The number of benzene rings is 1. The molecule has 0 spiro atoms. The lowest BCUT2D eigenvalue weighted by atomic mass is 9.86. The lowest BCUT2D eigenvalue weighted by molar-refractivity contribution is 0.146. The Morgan fingerprint density at radius 2 is 2.12 bits per heavy atom. The van der Waals surface area contributed by atoms with E-state index >= 15 is 0 Å². The maximum atomic E-state index is 10.0. The van der Waals surface area contributed by atoms with Gasteiger partial charge in [-0.3, -0.25) is 0 Å². The predicted octanol–water partition coefficient (Wildman–Crippen LogP) is 2.96. The number of H-pyrrole nitrogens is 1. The van der Waals surface area contributed by atoms with Gasteiger partial charge in [0.1, 0.15) is 0 Å². The summed E-state index contributed by atoms with van der Waals surface area (Å²) in [7, 11) is 0. The molecule has 0 amide bonds. The van der Waals surface area contributed by atoms with E-state index in [4.69, 9.17) is 0 Å². The second kappa shape index (κ2) is 3.80. The molecule has 2 nitrogen and oxygen atoms in total. The average Bonchev–Trinajstić information content (AvgIpc) is 2.74. The molecule has 82 valence electrons. The third kappa shape index (κ3) is 1.46. The first-order chi connectivity index (χ1) is 7.86. The number of aromatic amines is 1. The molecule has 2 atom stereocenters. The molecule has 1 aromatic heterocycles. The normalized spacial score (nSPS) is 25.1. The van der Waals surface area contributed by atoms with Gasteiger partial charge in [-0.15, -0.1) is 0 Å². The third-order valence-corrected chi connectivity index (χ3v) is 3.37. The van der Waals surface area contributed by atoms with Crippen molar-refractivity contribution in [2.75, 3.05) is 0 Å². The Morgan fingerprint density at radius 3 is 3.00 bits per heavy atom. The van der Waals surface area contributed by atoms with Gasteiger partial charge in [0.25, 0.3) is 0 Å². The van der Waals surface area contributed by atoms with Crippen LogP contribution in [0, 0.1) is 0 Å². The van der Waals surface area contributed by atoms with Crippen LogP contribution in [0.25, 0.3) is 10.9 Å². The Morgan fingerprint density at radius 1 is 1.25 bits per heavy atom. The maximum Gasteiger partial charge on any atom is 0.0647 e. The second-order valence-electron chi connectivity index (χ2n) is 4.39. The summed E-state index contributed by atoms with van der Waals surface area (Å²) in [5.41, 5.74) is 2.35. The van der Waals surface area contributed by atoms with E-state index in [-0.39, 0.29) is 12.0 Å². The topological polar surface area (TPSA) is 36.0 Å². The summed E-state index contributed by atoms with van der Waals surface area (Å²) in [6, 6.07) is 8.24. The molecule has 0 saturated carbocycles. The fourth-order valence-electron chi connectivity index (χ4n) is 2.50. The summed E-state index contributed by atoms with van der Waals surface area (Å²) in [6.07, 6.45) is 7.92. The zero-order valence-corrected chi connectivity index (χ0v) is 9.06. The lowest BCUT2D eigenvalue weighted by Crippen LogP contribution is -2.18. The summed E-state index contributed by atoms with van der Waals surface area (Å²) in [5, 5.41) is 11.3. The van der Waals surface area contributed by atoms with Gasteiger partial charge >= 0.3 is 0 Å². The molecule has 1 aromatic carbocycles. The van der Waals surface area contributed by atoms with E-state index < -0.39 is 0 Å². The Balaban J connectivity index is 2.11. The molecule has 1 heterocycles. The fourth-order valence-corrected chi connectivity index (χ4v) is 2.50.